The van der Waals surface area contributed by atoms with Crippen molar-refractivity contribution in [2.24, 2.45) is 0 Å². The van der Waals surface area contributed by atoms with E-state index >= 15 is 0 Å². The third-order valence-electron chi connectivity index (χ3n) is 10.5. The zero-order valence-corrected chi connectivity index (χ0v) is 28.4. The minimum Gasteiger partial charge on any atom is -0.309 e. The smallest absolute Gasteiger partial charge is 0.0634 e. The third-order valence-corrected chi connectivity index (χ3v) is 11.7. The van der Waals surface area contributed by atoms with Crippen LogP contribution >= 0.6 is 11.3 Å². The summed E-state index contributed by atoms with van der Waals surface area (Å²) in [5.41, 5.74) is 12.0. The highest BCUT2D eigenvalue weighted by atomic mass is 32.1. The van der Waals surface area contributed by atoms with Crippen molar-refractivity contribution in [1.29, 1.82) is 0 Å². The molecule has 0 saturated heterocycles. The quantitative estimate of drug-likeness (QED) is 0.177. The highest BCUT2D eigenvalue weighted by molar-refractivity contribution is 7.26. The zero-order chi connectivity index (χ0) is 33.5. The van der Waals surface area contributed by atoms with E-state index in [-0.39, 0.29) is 0 Å². The molecule has 51 heavy (non-hydrogen) atoms. The predicted molar refractivity (Wildman–Crippen MR) is 219 cm³/mol. The number of nitrogens with zero attached hydrogens (tertiary/aromatic N) is 2. The van der Waals surface area contributed by atoms with E-state index in [9.17, 15) is 0 Å². The third kappa shape index (κ3) is 4.16. The Morgan fingerprint density at radius 1 is 0.353 bits per heavy atom. The number of fused-ring (bicyclic) bond motifs is 10. The number of para-hydroxylation sites is 4. The molecule has 0 bridgehead atoms. The average Bonchev–Trinajstić information content (AvgIpc) is 3.86. The molecule has 238 valence electrons. The van der Waals surface area contributed by atoms with E-state index in [4.69, 9.17) is 0 Å². The van der Waals surface area contributed by atoms with Crippen molar-refractivity contribution in [3.05, 3.63) is 182 Å². The van der Waals surface area contributed by atoms with E-state index in [1.807, 2.05) is 11.3 Å². The Labute approximate surface area is 298 Å². The van der Waals surface area contributed by atoms with Gasteiger partial charge in [0.05, 0.1) is 27.8 Å². The predicted octanol–water partition coefficient (Wildman–Crippen LogP) is 13.6. The van der Waals surface area contributed by atoms with Crippen LogP contribution in [0.3, 0.4) is 0 Å². The van der Waals surface area contributed by atoms with Crippen molar-refractivity contribution in [2.75, 3.05) is 0 Å². The van der Waals surface area contributed by atoms with Crippen LogP contribution in [0, 0.1) is 0 Å². The first kappa shape index (κ1) is 28.4. The monoisotopic (exact) mass is 666 g/mol. The molecule has 0 unspecified atom stereocenters. The van der Waals surface area contributed by atoms with Crippen LogP contribution < -0.4 is 0 Å². The molecule has 0 aliphatic rings. The van der Waals surface area contributed by atoms with Crippen molar-refractivity contribution in [1.82, 2.24) is 9.13 Å². The van der Waals surface area contributed by atoms with Crippen molar-refractivity contribution >= 4 is 75.1 Å². The molecule has 3 heteroatoms. The SMILES string of the molecule is c1ccc(-c2cccc(-c3cccc(-n4c5ccccc5c5ccc6sc7ccccc7c6c54)c3)c2-n2c3ccccc3c3ccccc32)cc1. The van der Waals surface area contributed by atoms with Gasteiger partial charge in [0, 0.05) is 58.5 Å². The van der Waals surface area contributed by atoms with Crippen LogP contribution in [0.15, 0.2) is 182 Å². The van der Waals surface area contributed by atoms with Crippen LogP contribution in [0.4, 0.5) is 0 Å². The molecule has 0 saturated carbocycles. The van der Waals surface area contributed by atoms with Crippen LogP contribution in [0.1, 0.15) is 0 Å². The van der Waals surface area contributed by atoms with Gasteiger partial charge in [0.15, 0.2) is 0 Å². The van der Waals surface area contributed by atoms with Crippen molar-refractivity contribution in [3.63, 3.8) is 0 Å². The summed E-state index contributed by atoms with van der Waals surface area (Å²) >= 11 is 1.88. The molecule has 0 N–H and O–H groups in total. The van der Waals surface area contributed by atoms with Gasteiger partial charge < -0.3 is 9.13 Å². The fourth-order valence-electron chi connectivity index (χ4n) is 8.38. The Hall–Kier alpha value is -6.42. The lowest BCUT2D eigenvalue weighted by atomic mass is 9.95. The number of thiophene rings is 1. The molecule has 0 aliphatic heterocycles. The Morgan fingerprint density at radius 3 is 1.63 bits per heavy atom. The summed E-state index contributed by atoms with van der Waals surface area (Å²) in [4.78, 5) is 0. The largest absolute Gasteiger partial charge is 0.309 e. The summed E-state index contributed by atoms with van der Waals surface area (Å²) in [5, 5.41) is 7.71. The number of hydrogen-bond donors (Lipinski definition) is 0. The highest BCUT2D eigenvalue weighted by Gasteiger charge is 2.21. The van der Waals surface area contributed by atoms with Crippen molar-refractivity contribution in [2.45, 2.75) is 0 Å². The van der Waals surface area contributed by atoms with Crippen LogP contribution in [0.5, 0.6) is 0 Å². The fraction of sp³-hybridized carbons (Fsp3) is 0. The van der Waals surface area contributed by atoms with Crippen LogP contribution in [-0.4, -0.2) is 9.13 Å². The second-order valence-electron chi connectivity index (χ2n) is 13.3. The molecule has 11 aromatic rings. The molecule has 0 spiro atoms. The summed E-state index contributed by atoms with van der Waals surface area (Å²) in [6.45, 7) is 0. The van der Waals surface area contributed by atoms with E-state index in [1.54, 1.807) is 0 Å². The maximum Gasteiger partial charge on any atom is 0.0634 e. The Bertz CT molecular complexity index is 3090. The maximum absolute atomic E-state index is 2.50. The van der Waals surface area contributed by atoms with Crippen LogP contribution in [0.25, 0.3) is 97.4 Å². The Balaban J connectivity index is 1.24. The van der Waals surface area contributed by atoms with E-state index in [0.29, 0.717) is 0 Å². The van der Waals surface area contributed by atoms with Gasteiger partial charge >= 0.3 is 0 Å². The molecule has 0 aliphatic carbocycles. The van der Waals surface area contributed by atoms with Gasteiger partial charge in [0.25, 0.3) is 0 Å². The summed E-state index contributed by atoms with van der Waals surface area (Å²) in [7, 11) is 0. The molecular formula is C48H30N2S. The number of aromatic nitrogens is 2. The second kappa shape index (κ2) is 11.0. The van der Waals surface area contributed by atoms with Gasteiger partial charge in [-0.1, -0.05) is 140 Å². The minimum atomic E-state index is 1.15. The Morgan fingerprint density at radius 2 is 0.902 bits per heavy atom. The van der Waals surface area contributed by atoms with Gasteiger partial charge in [-0.05, 0) is 53.6 Å². The lowest BCUT2D eigenvalue weighted by Gasteiger charge is -2.20. The van der Waals surface area contributed by atoms with Crippen LogP contribution in [-0.2, 0) is 0 Å². The number of benzene rings is 8. The lowest BCUT2D eigenvalue weighted by Crippen LogP contribution is -2.01. The fourth-order valence-corrected chi connectivity index (χ4v) is 9.49. The first-order chi connectivity index (χ1) is 25.3. The lowest BCUT2D eigenvalue weighted by molar-refractivity contribution is 1.17. The molecule has 8 aromatic carbocycles. The van der Waals surface area contributed by atoms with Crippen molar-refractivity contribution < 1.29 is 0 Å². The van der Waals surface area contributed by atoms with E-state index < -0.39 is 0 Å². The topological polar surface area (TPSA) is 9.86 Å². The molecule has 0 fully saturated rings. The van der Waals surface area contributed by atoms with Gasteiger partial charge in [-0.25, -0.2) is 0 Å². The molecule has 3 heterocycles. The molecule has 11 rings (SSSR count). The van der Waals surface area contributed by atoms with Gasteiger partial charge in [-0.2, -0.15) is 0 Å². The summed E-state index contributed by atoms with van der Waals surface area (Å²) in [6, 6.07) is 66.6. The second-order valence-corrected chi connectivity index (χ2v) is 14.4. The normalized spacial score (nSPS) is 11.9. The molecule has 3 aromatic heterocycles. The first-order valence-corrected chi connectivity index (χ1v) is 18.3. The first-order valence-electron chi connectivity index (χ1n) is 17.4. The van der Waals surface area contributed by atoms with E-state index in [0.717, 1.165) is 5.69 Å². The van der Waals surface area contributed by atoms with Gasteiger partial charge in [-0.15, -0.1) is 11.3 Å². The van der Waals surface area contributed by atoms with Gasteiger partial charge in [0.1, 0.15) is 0 Å². The highest BCUT2D eigenvalue weighted by Crippen LogP contribution is 2.45. The molecule has 0 amide bonds. The number of hydrogen-bond acceptors (Lipinski definition) is 1. The van der Waals surface area contributed by atoms with E-state index in [2.05, 4.69) is 191 Å². The summed E-state index contributed by atoms with van der Waals surface area (Å²) in [6.07, 6.45) is 0. The average molecular weight is 667 g/mol. The molecule has 0 radical (unpaired) electrons. The van der Waals surface area contributed by atoms with E-state index in [1.165, 1.54) is 91.7 Å². The number of rotatable bonds is 4. The minimum absolute atomic E-state index is 1.15. The maximum atomic E-state index is 2.50. The van der Waals surface area contributed by atoms with Gasteiger partial charge in [0.2, 0.25) is 0 Å². The van der Waals surface area contributed by atoms with Crippen molar-refractivity contribution in [3.8, 4) is 33.6 Å². The zero-order valence-electron chi connectivity index (χ0n) is 27.6. The summed E-state index contributed by atoms with van der Waals surface area (Å²) < 4.78 is 7.61. The standard InChI is InChI=1S/C48H30N2S/c1-2-14-31(15-3-1)34-22-13-23-35(47(34)50-42-25-9-4-18-36(42)37-19-5-10-26-43(37)50)32-16-12-17-33(30-32)49-41-24-8-6-20-38(41)39-28-29-45-46(48(39)49)40-21-7-11-27-44(40)51-45/h1-30H. The van der Waals surface area contributed by atoms with Crippen LogP contribution in [0.2, 0.25) is 0 Å². The molecule has 0 atom stereocenters. The van der Waals surface area contributed by atoms with Gasteiger partial charge in [-0.3, -0.25) is 0 Å². The molecular weight excluding hydrogens is 637 g/mol. The Kier molecular flexibility index (Phi) is 6.16. The summed E-state index contributed by atoms with van der Waals surface area (Å²) in [5.74, 6) is 0. The molecule has 2 nitrogen and oxygen atoms in total.